The van der Waals surface area contributed by atoms with Crippen LogP contribution in [0.15, 0.2) is 23.8 Å². The van der Waals surface area contributed by atoms with Crippen molar-refractivity contribution in [1.29, 1.82) is 0 Å². The van der Waals surface area contributed by atoms with Crippen molar-refractivity contribution in [3.05, 3.63) is 23.8 Å². The first-order valence-corrected chi connectivity index (χ1v) is 6.48. The molecule has 0 saturated heterocycles. The number of allylic oxidation sites excluding steroid dienone is 2. The monoisotopic (exact) mass is 248 g/mol. The van der Waals surface area contributed by atoms with Gasteiger partial charge in [0, 0.05) is 11.5 Å². The molecule has 18 heavy (non-hydrogen) atoms. The third kappa shape index (κ3) is 1.69. The average Bonchev–Trinajstić information content (AvgIpc) is 2.35. The van der Waals surface area contributed by atoms with E-state index in [-0.39, 0.29) is 23.3 Å². The molecule has 5 atom stereocenters. The van der Waals surface area contributed by atoms with Crippen molar-refractivity contribution in [3.63, 3.8) is 0 Å². The van der Waals surface area contributed by atoms with Gasteiger partial charge in [-0.3, -0.25) is 9.59 Å². The zero-order valence-corrected chi connectivity index (χ0v) is 10.9. The molecule has 1 N–H and O–H groups in total. The number of carbonyl (C=O) groups is 2. The van der Waals surface area contributed by atoms with Crippen LogP contribution in [-0.2, 0) is 9.59 Å². The fraction of sp³-hybridized carbons (Fsp3) is 0.600. The molecule has 0 bridgehead atoms. The van der Waals surface area contributed by atoms with Gasteiger partial charge in [-0.15, -0.1) is 0 Å². The SMILES string of the molecule is C=C1[C@H]2CC=C(C=O)[C@](O)(C=O)[C@H]2[C@H](C)C[C@@H]1C. The van der Waals surface area contributed by atoms with Crippen LogP contribution in [0.5, 0.6) is 0 Å². The second-order valence-corrected chi connectivity index (χ2v) is 5.78. The average molecular weight is 248 g/mol. The molecule has 1 saturated carbocycles. The molecule has 0 unspecified atom stereocenters. The van der Waals surface area contributed by atoms with Crippen LogP contribution in [0.25, 0.3) is 0 Å². The van der Waals surface area contributed by atoms with Crippen LogP contribution in [0.4, 0.5) is 0 Å². The van der Waals surface area contributed by atoms with Crippen molar-refractivity contribution in [1.82, 2.24) is 0 Å². The highest BCUT2D eigenvalue weighted by Crippen LogP contribution is 2.51. The van der Waals surface area contributed by atoms with Crippen LogP contribution < -0.4 is 0 Å². The summed E-state index contributed by atoms with van der Waals surface area (Å²) in [5.74, 6) is 0.490. The predicted octanol–water partition coefficient (Wildman–Crippen LogP) is 1.91. The summed E-state index contributed by atoms with van der Waals surface area (Å²) in [4.78, 5) is 22.4. The summed E-state index contributed by atoms with van der Waals surface area (Å²) in [6.07, 6.45) is 4.44. The lowest BCUT2D eigenvalue weighted by atomic mass is 9.56. The van der Waals surface area contributed by atoms with Crippen LogP contribution in [0.2, 0.25) is 0 Å². The molecule has 1 fully saturated rings. The lowest BCUT2D eigenvalue weighted by Gasteiger charge is -2.49. The van der Waals surface area contributed by atoms with Crippen molar-refractivity contribution in [2.75, 3.05) is 0 Å². The lowest BCUT2D eigenvalue weighted by molar-refractivity contribution is -0.134. The Labute approximate surface area is 108 Å². The Kier molecular flexibility index (Phi) is 3.28. The van der Waals surface area contributed by atoms with Crippen LogP contribution in [0.1, 0.15) is 26.7 Å². The molecule has 0 radical (unpaired) electrons. The van der Waals surface area contributed by atoms with Gasteiger partial charge in [0.15, 0.2) is 11.9 Å². The van der Waals surface area contributed by atoms with Gasteiger partial charge < -0.3 is 5.11 Å². The standard InChI is InChI=1S/C15H20O3/c1-9-6-10(2)14-13(11(9)3)5-4-12(7-16)15(14,18)8-17/h4,7-10,13-14,18H,3,5-6H2,1-2H3/t9-,10+,13+,14-,15+/m0/s1. The summed E-state index contributed by atoms with van der Waals surface area (Å²) < 4.78 is 0. The molecule has 2 aliphatic rings. The topological polar surface area (TPSA) is 54.4 Å². The van der Waals surface area contributed by atoms with Crippen molar-refractivity contribution in [2.45, 2.75) is 32.3 Å². The molecule has 0 spiro atoms. The highest BCUT2D eigenvalue weighted by Gasteiger charge is 2.52. The minimum atomic E-state index is -1.63. The van der Waals surface area contributed by atoms with Gasteiger partial charge in [-0.1, -0.05) is 32.1 Å². The fourth-order valence-corrected chi connectivity index (χ4v) is 3.79. The number of carbonyl (C=O) groups excluding carboxylic acids is 2. The Morgan fingerprint density at radius 2 is 2.11 bits per heavy atom. The molecule has 0 amide bonds. The number of hydrogen-bond donors (Lipinski definition) is 1. The van der Waals surface area contributed by atoms with E-state index in [4.69, 9.17) is 0 Å². The number of aldehydes is 2. The van der Waals surface area contributed by atoms with Crippen LogP contribution in [0, 0.1) is 23.7 Å². The van der Waals surface area contributed by atoms with Crippen LogP contribution in [-0.4, -0.2) is 23.3 Å². The lowest BCUT2D eigenvalue weighted by Crippen LogP contribution is -2.53. The first-order valence-electron chi connectivity index (χ1n) is 6.48. The summed E-state index contributed by atoms with van der Waals surface area (Å²) in [6.45, 7) is 8.30. The summed E-state index contributed by atoms with van der Waals surface area (Å²) in [5, 5.41) is 10.6. The Morgan fingerprint density at radius 3 is 2.67 bits per heavy atom. The van der Waals surface area contributed by atoms with Crippen molar-refractivity contribution in [3.8, 4) is 0 Å². The molecular weight excluding hydrogens is 228 g/mol. The molecular formula is C15H20O3. The normalized spacial score (nSPS) is 43.9. The molecule has 3 heteroatoms. The van der Waals surface area contributed by atoms with E-state index in [0.717, 1.165) is 12.0 Å². The smallest absolute Gasteiger partial charge is 0.156 e. The van der Waals surface area contributed by atoms with Gasteiger partial charge in [0.1, 0.15) is 6.29 Å². The Bertz CT molecular complexity index is 423. The summed E-state index contributed by atoms with van der Waals surface area (Å²) in [5.41, 5.74) is -0.319. The summed E-state index contributed by atoms with van der Waals surface area (Å²) in [7, 11) is 0. The molecule has 98 valence electrons. The molecule has 0 aromatic rings. The second kappa shape index (κ2) is 4.47. The maximum absolute atomic E-state index is 11.4. The Morgan fingerprint density at radius 1 is 1.44 bits per heavy atom. The first kappa shape index (κ1) is 13.2. The van der Waals surface area contributed by atoms with E-state index in [9.17, 15) is 14.7 Å². The molecule has 2 rings (SSSR count). The largest absolute Gasteiger partial charge is 0.377 e. The van der Waals surface area contributed by atoms with Crippen molar-refractivity contribution >= 4 is 12.6 Å². The maximum Gasteiger partial charge on any atom is 0.156 e. The molecule has 0 aliphatic heterocycles. The van der Waals surface area contributed by atoms with Crippen molar-refractivity contribution < 1.29 is 14.7 Å². The minimum Gasteiger partial charge on any atom is -0.377 e. The van der Waals surface area contributed by atoms with Crippen LogP contribution in [0.3, 0.4) is 0 Å². The van der Waals surface area contributed by atoms with E-state index in [1.807, 2.05) is 6.92 Å². The highest BCUT2D eigenvalue weighted by molar-refractivity contribution is 5.87. The van der Waals surface area contributed by atoms with E-state index in [2.05, 4.69) is 13.5 Å². The van der Waals surface area contributed by atoms with Gasteiger partial charge in [0.2, 0.25) is 0 Å². The molecule has 0 aromatic heterocycles. The van der Waals surface area contributed by atoms with Gasteiger partial charge in [0.25, 0.3) is 0 Å². The Hall–Kier alpha value is -1.22. The van der Waals surface area contributed by atoms with E-state index in [0.29, 0.717) is 24.9 Å². The van der Waals surface area contributed by atoms with E-state index in [1.165, 1.54) is 0 Å². The molecule has 0 heterocycles. The Balaban J connectivity index is 2.49. The summed E-state index contributed by atoms with van der Waals surface area (Å²) in [6, 6.07) is 0. The number of aliphatic hydroxyl groups is 1. The maximum atomic E-state index is 11.4. The van der Waals surface area contributed by atoms with Gasteiger partial charge in [0.05, 0.1) is 0 Å². The first-order chi connectivity index (χ1) is 8.45. The zero-order valence-electron chi connectivity index (χ0n) is 10.9. The third-order valence-corrected chi connectivity index (χ3v) is 4.75. The summed E-state index contributed by atoms with van der Waals surface area (Å²) >= 11 is 0. The van der Waals surface area contributed by atoms with Crippen molar-refractivity contribution in [2.24, 2.45) is 23.7 Å². The number of rotatable bonds is 2. The molecule has 0 aromatic carbocycles. The van der Waals surface area contributed by atoms with Gasteiger partial charge in [-0.25, -0.2) is 0 Å². The van der Waals surface area contributed by atoms with Gasteiger partial charge in [-0.05, 0) is 30.6 Å². The van der Waals surface area contributed by atoms with Crippen LogP contribution >= 0.6 is 0 Å². The minimum absolute atomic E-state index is 0.0997. The zero-order chi connectivity index (χ0) is 13.5. The third-order valence-electron chi connectivity index (χ3n) is 4.75. The van der Waals surface area contributed by atoms with Gasteiger partial charge in [-0.2, -0.15) is 0 Å². The van der Waals surface area contributed by atoms with Gasteiger partial charge >= 0.3 is 0 Å². The highest BCUT2D eigenvalue weighted by atomic mass is 16.3. The fourth-order valence-electron chi connectivity index (χ4n) is 3.79. The number of fused-ring (bicyclic) bond motifs is 1. The second-order valence-electron chi connectivity index (χ2n) is 5.78. The predicted molar refractivity (Wildman–Crippen MR) is 68.8 cm³/mol. The molecule has 3 nitrogen and oxygen atoms in total. The van der Waals surface area contributed by atoms with E-state index < -0.39 is 5.60 Å². The quantitative estimate of drug-likeness (QED) is 0.600. The molecule has 2 aliphatic carbocycles. The van der Waals surface area contributed by atoms with E-state index >= 15 is 0 Å². The van der Waals surface area contributed by atoms with E-state index in [1.54, 1.807) is 6.08 Å². The number of hydrogen-bond acceptors (Lipinski definition) is 3.